The summed E-state index contributed by atoms with van der Waals surface area (Å²) in [5.41, 5.74) is 2.09. The van der Waals surface area contributed by atoms with Crippen LogP contribution in [0.5, 0.6) is 5.75 Å². The van der Waals surface area contributed by atoms with Crippen molar-refractivity contribution < 1.29 is 22.7 Å². The molecule has 0 spiro atoms. The molecule has 10 heteroatoms. The second-order valence-corrected chi connectivity index (χ2v) is 11.8. The highest BCUT2D eigenvalue weighted by Crippen LogP contribution is 2.27. The molecule has 1 N–H and O–H groups in total. The van der Waals surface area contributed by atoms with Gasteiger partial charge in [-0.2, -0.15) is 0 Å². The molecule has 0 aliphatic carbocycles. The van der Waals surface area contributed by atoms with Crippen molar-refractivity contribution >= 4 is 39.1 Å². The maximum absolute atomic E-state index is 13.9. The minimum atomic E-state index is -4.18. The van der Waals surface area contributed by atoms with Crippen LogP contribution in [0, 0.1) is 6.92 Å². The second-order valence-electron chi connectivity index (χ2n) is 9.51. The summed E-state index contributed by atoms with van der Waals surface area (Å²) in [4.78, 5) is 28.2. The molecule has 0 radical (unpaired) electrons. The van der Waals surface area contributed by atoms with Crippen LogP contribution in [-0.4, -0.2) is 50.9 Å². The predicted molar refractivity (Wildman–Crippen MR) is 153 cm³/mol. The fraction of sp³-hybridized carbons (Fsp3) is 0.310. The first kappa shape index (κ1) is 30.0. The minimum absolute atomic E-state index is 0.0121. The Kier molecular flexibility index (Phi) is 9.99. The van der Waals surface area contributed by atoms with Gasteiger partial charge < -0.3 is 15.0 Å². The van der Waals surface area contributed by atoms with Gasteiger partial charge in [0, 0.05) is 17.6 Å². The van der Waals surface area contributed by atoms with E-state index in [1.165, 1.54) is 48.4 Å². The molecule has 208 valence electrons. The Bertz CT molecular complexity index is 1390. The van der Waals surface area contributed by atoms with Gasteiger partial charge in [0.2, 0.25) is 11.8 Å². The lowest BCUT2D eigenvalue weighted by molar-refractivity contribution is -0.139. The first-order valence-electron chi connectivity index (χ1n) is 12.5. The van der Waals surface area contributed by atoms with Crippen molar-refractivity contribution in [2.45, 2.75) is 51.2 Å². The van der Waals surface area contributed by atoms with Gasteiger partial charge in [0.25, 0.3) is 10.0 Å². The van der Waals surface area contributed by atoms with Gasteiger partial charge in [-0.05, 0) is 81.8 Å². The zero-order valence-corrected chi connectivity index (χ0v) is 24.3. The van der Waals surface area contributed by atoms with Crippen molar-refractivity contribution in [3.63, 3.8) is 0 Å². The number of carbonyl (C=O) groups excluding carboxylic acids is 2. The molecule has 0 heterocycles. The van der Waals surface area contributed by atoms with Crippen LogP contribution in [-0.2, 0) is 26.2 Å². The molecule has 0 saturated carbocycles. The van der Waals surface area contributed by atoms with Gasteiger partial charge in [0.15, 0.2) is 0 Å². The van der Waals surface area contributed by atoms with Crippen LogP contribution >= 0.6 is 11.6 Å². The summed E-state index contributed by atoms with van der Waals surface area (Å²) in [6.45, 7) is 6.84. The topological polar surface area (TPSA) is 96.0 Å². The van der Waals surface area contributed by atoms with Crippen LogP contribution < -0.4 is 14.4 Å². The molecule has 1 atom stereocenters. The molecular formula is C29H34ClN3O5S. The number of halogens is 1. The predicted octanol–water partition coefficient (Wildman–Crippen LogP) is 4.79. The van der Waals surface area contributed by atoms with Crippen molar-refractivity contribution in [2.24, 2.45) is 0 Å². The first-order valence-corrected chi connectivity index (χ1v) is 14.3. The zero-order chi connectivity index (χ0) is 28.7. The monoisotopic (exact) mass is 571 g/mol. The number of rotatable bonds is 11. The summed E-state index contributed by atoms with van der Waals surface area (Å²) in [7, 11) is -2.69. The van der Waals surface area contributed by atoms with Crippen molar-refractivity contribution in [3.8, 4) is 5.75 Å². The van der Waals surface area contributed by atoms with Gasteiger partial charge in [-0.25, -0.2) is 8.42 Å². The van der Waals surface area contributed by atoms with E-state index in [2.05, 4.69) is 5.32 Å². The Hall–Kier alpha value is -3.56. The molecule has 0 aliphatic rings. The van der Waals surface area contributed by atoms with E-state index >= 15 is 0 Å². The number of nitrogens with zero attached hydrogens (tertiary/aromatic N) is 2. The quantitative estimate of drug-likeness (QED) is 0.357. The molecule has 1 unspecified atom stereocenters. The molecule has 0 aliphatic heterocycles. The fourth-order valence-corrected chi connectivity index (χ4v) is 5.55. The highest BCUT2D eigenvalue weighted by Gasteiger charge is 2.32. The standard InChI is InChI=1S/C29H34ClN3O5S/c1-20(2)31-29(35)22(4)32(18-23-8-6-7-21(3)17-23)28(34)19-33(25-11-9-24(30)10-12-25)39(36,37)27-15-13-26(38-5)14-16-27/h6-17,20,22H,18-19H2,1-5H3,(H,31,35). The first-order chi connectivity index (χ1) is 18.4. The summed E-state index contributed by atoms with van der Waals surface area (Å²) in [6, 6.07) is 18.7. The third-order valence-electron chi connectivity index (χ3n) is 6.07. The Balaban J connectivity index is 2.03. The second kappa shape index (κ2) is 13.0. The number of amides is 2. The average molecular weight is 572 g/mol. The van der Waals surface area contributed by atoms with E-state index in [0.717, 1.165) is 15.4 Å². The van der Waals surface area contributed by atoms with E-state index in [4.69, 9.17) is 16.3 Å². The van der Waals surface area contributed by atoms with Crippen LogP contribution in [0.1, 0.15) is 31.9 Å². The summed E-state index contributed by atoms with van der Waals surface area (Å²) in [5.74, 6) is -0.366. The summed E-state index contributed by atoms with van der Waals surface area (Å²) >= 11 is 6.06. The van der Waals surface area contributed by atoms with E-state index in [1.54, 1.807) is 19.1 Å². The maximum atomic E-state index is 13.9. The van der Waals surface area contributed by atoms with Crippen LogP contribution in [0.2, 0.25) is 5.02 Å². The van der Waals surface area contributed by atoms with Gasteiger partial charge in [-0.3, -0.25) is 13.9 Å². The van der Waals surface area contributed by atoms with Crippen LogP contribution in [0.25, 0.3) is 0 Å². The number of ether oxygens (including phenoxy) is 1. The lowest BCUT2D eigenvalue weighted by atomic mass is 10.1. The fourth-order valence-electron chi connectivity index (χ4n) is 4.01. The van der Waals surface area contributed by atoms with Crippen LogP contribution in [0.15, 0.2) is 77.7 Å². The number of methoxy groups -OCH3 is 1. The number of nitrogens with one attached hydrogen (secondary N) is 1. The molecule has 0 fully saturated rings. The van der Waals surface area contributed by atoms with E-state index in [1.807, 2.05) is 45.0 Å². The van der Waals surface area contributed by atoms with Crippen LogP contribution in [0.4, 0.5) is 5.69 Å². The van der Waals surface area contributed by atoms with Gasteiger partial charge in [-0.1, -0.05) is 41.4 Å². The van der Waals surface area contributed by atoms with Gasteiger partial charge in [-0.15, -0.1) is 0 Å². The van der Waals surface area contributed by atoms with E-state index < -0.39 is 28.5 Å². The van der Waals surface area contributed by atoms with Crippen LogP contribution in [0.3, 0.4) is 0 Å². The van der Waals surface area contributed by atoms with Crippen molar-refractivity contribution in [1.29, 1.82) is 0 Å². The van der Waals surface area contributed by atoms with Gasteiger partial charge in [0.05, 0.1) is 17.7 Å². The van der Waals surface area contributed by atoms with Gasteiger partial charge >= 0.3 is 0 Å². The third-order valence-corrected chi connectivity index (χ3v) is 8.11. The largest absolute Gasteiger partial charge is 0.497 e. The molecule has 8 nitrogen and oxygen atoms in total. The molecule has 0 aromatic heterocycles. The van der Waals surface area contributed by atoms with E-state index in [9.17, 15) is 18.0 Å². The Morgan fingerprint density at radius 2 is 1.62 bits per heavy atom. The van der Waals surface area contributed by atoms with Crippen molar-refractivity contribution in [1.82, 2.24) is 10.2 Å². The molecule has 2 amide bonds. The molecule has 3 aromatic rings. The lowest BCUT2D eigenvalue weighted by Crippen LogP contribution is -2.52. The summed E-state index contributed by atoms with van der Waals surface area (Å²) in [6.07, 6.45) is 0. The number of sulfonamides is 1. The van der Waals surface area contributed by atoms with Crippen molar-refractivity contribution in [3.05, 3.63) is 88.9 Å². The van der Waals surface area contributed by atoms with Crippen molar-refractivity contribution in [2.75, 3.05) is 18.0 Å². The molecular weight excluding hydrogens is 538 g/mol. The Morgan fingerprint density at radius 3 is 2.18 bits per heavy atom. The number of anilines is 1. The minimum Gasteiger partial charge on any atom is -0.497 e. The number of aryl methyl sites for hydroxylation is 1. The summed E-state index contributed by atoms with van der Waals surface area (Å²) < 4.78 is 33.8. The smallest absolute Gasteiger partial charge is 0.264 e. The molecule has 3 rings (SSSR count). The average Bonchev–Trinajstić information content (AvgIpc) is 2.90. The highest BCUT2D eigenvalue weighted by atomic mass is 35.5. The highest BCUT2D eigenvalue weighted by molar-refractivity contribution is 7.92. The molecule has 0 saturated heterocycles. The zero-order valence-electron chi connectivity index (χ0n) is 22.7. The Morgan fingerprint density at radius 1 is 0.974 bits per heavy atom. The molecule has 0 bridgehead atoms. The number of hydrogen-bond acceptors (Lipinski definition) is 5. The van der Waals surface area contributed by atoms with Gasteiger partial charge in [0.1, 0.15) is 18.3 Å². The molecule has 3 aromatic carbocycles. The third kappa shape index (κ3) is 7.74. The summed E-state index contributed by atoms with van der Waals surface area (Å²) in [5, 5.41) is 3.27. The number of benzene rings is 3. The van der Waals surface area contributed by atoms with E-state index in [0.29, 0.717) is 10.8 Å². The maximum Gasteiger partial charge on any atom is 0.264 e. The molecule has 39 heavy (non-hydrogen) atoms. The Labute approximate surface area is 235 Å². The number of carbonyl (C=O) groups is 2. The SMILES string of the molecule is COc1ccc(S(=O)(=O)N(CC(=O)N(Cc2cccc(C)c2)C(C)C(=O)NC(C)C)c2ccc(Cl)cc2)cc1. The van der Waals surface area contributed by atoms with E-state index in [-0.39, 0.29) is 29.1 Å². The number of hydrogen-bond donors (Lipinski definition) is 1. The lowest BCUT2D eigenvalue weighted by Gasteiger charge is -2.32. The normalized spacial score (nSPS) is 12.1.